The number of fused-ring (bicyclic) bond motifs is 3. The van der Waals surface area contributed by atoms with Gasteiger partial charge in [-0.1, -0.05) is 6.07 Å². The van der Waals surface area contributed by atoms with E-state index in [1.54, 1.807) is 18.3 Å². The molecule has 0 saturated carbocycles. The van der Waals surface area contributed by atoms with Gasteiger partial charge in [0.1, 0.15) is 11.4 Å². The number of unbranched alkanes of at least 4 members (excludes halogenated alkanes) is 1. The maximum atomic E-state index is 11.6. The summed E-state index contributed by atoms with van der Waals surface area (Å²) in [4.78, 5) is 34.6. The van der Waals surface area contributed by atoms with Gasteiger partial charge >= 0.3 is 6.09 Å². The molecule has 0 aliphatic carbocycles. The zero-order valence-electron chi connectivity index (χ0n) is 19.8. The van der Waals surface area contributed by atoms with E-state index < -0.39 is 17.6 Å². The second-order valence-corrected chi connectivity index (χ2v) is 9.49. The molecule has 34 heavy (non-hydrogen) atoms. The SMILES string of the molecule is CC(C)(C)OC(=O)NCCCCOC1CN(c2nc3cc(C(N)=O)ccc3c3cnccc23)C1. The number of amides is 2. The fourth-order valence-electron chi connectivity index (χ4n) is 3.92. The number of ether oxygens (including phenoxy) is 2. The Labute approximate surface area is 198 Å². The highest BCUT2D eigenvalue weighted by Crippen LogP contribution is 2.33. The lowest BCUT2D eigenvalue weighted by Crippen LogP contribution is -2.52. The third-order valence-electron chi connectivity index (χ3n) is 5.60. The van der Waals surface area contributed by atoms with Crippen molar-refractivity contribution >= 4 is 39.5 Å². The van der Waals surface area contributed by atoms with Crippen LogP contribution in [0.1, 0.15) is 44.0 Å². The van der Waals surface area contributed by atoms with E-state index in [0.717, 1.165) is 47.9 Å². The third-order valence-corrected chi connectivity index (χ3v) is 5.60. The monoisotopic (exact) mass is 465 g/mol. The molecule has 1 fully saturated rings. The van der Waals surface area contributed by atoms with E-state index in [2.05, 4.69) is 15.2 Å². The molecule has 4 rings (SSSR count). The molecule has 0 unspecified atom stereocenters. The Morgan fingerprint density at radius 2 is 1.94 bits per heavy atom. The van der Waals surface area contributed by atoms with Crippen LogP contribution < -0.4 is 16.0 Å². The molecular formula is C25H31N5O4. The third kappa shape index (κ3) is 5.53. The number of nitrogens with two attached hydrogens (primary N) is 1. The number of alkyl carbamates (subject to hydrolysis) is 1. The van der Waals surface area contributed by atoms with E-state index in [0.29, 0.717) is 24.2 Å². The van der Waals surface area contributed by atoms with Crippen molar-refractivity contribution in [3.05, 3.63) is 42.2 Å². The molecule has 1 saturated heterocycles. The van der Waals surface area contributed by atoms with Crippen LogP contribution in [0.25, 0.3) is 21.7 Å². The van der Waals surface area contributed by atoms with Crippen LogP contribution in [0.3, 0.4) is 0 Å². The summed E-state index contributed by atoms with van der Waals surface area (Å²) < 4.78 is 11.2. The van der Waals surface area contributed by atoms with Gasteiger partial charge in [0.25, 0.3) is 0 Å². The molecule has 0 atom stereocenters. The number of hydrogen-bond donors (Lipinski definition) is 2. The van der Waals surface area contributed by atoms with Crippen molar-refractivity contribution in [1.82, 2.24) is 15.3 Å². The first kappa shape index (κ1) is 23.7. The number of benzene rings is 1. The molecule has 1 aromatic carbocycles. The summed E-state index contributed by atoms with van der Waals surface area (Å²) in [6.07, 6.45) is 5.00. The summed E-state index contributed by atoms with van der Waals surface area (Å²) in [5.74, 6) is 0.378. The molecule has 1 aliphatic heterocycles. The van der Waals surface area contributed by atoms with Crippen LogP contribution in [0.2, 0.25) is 0 Å². The lowest BCUT2D eigenvalue weighted by atomic mass is 10.0. The molecule has 9 nitrogen and oxygen atoms in total. The molecule has 1 aliphatic rings. The average molecular weight is 466 g/mol. The van der Waals surface area contributed by atoms with Crippen LogP contribution in [0.15, 0.2) is 36.7 Å². The molecular weight excluding hydrogens is 434 g/mol. The Balaban J connectivity index is 1.31. The first-order valence-electron chi connectivity index (χ1n) is 11.5. The number of nitrogens with one attached hydrogen (secondary N) is 1. The van der Waals surface area contributed by atoms with E-state index in [1.807, 2.05) is 39.1 Å². The molecule has 0 spiro atoms. The predicted molar refractivity (Wildman–Crippen MR) is 131 cm³/mol. The number of primary amides is 1. The molecule has 0 radical (unpaired) electrons. The van der Waals surface area contributed by atoms with Crippen LogP contribution in [0.4, 0.5) is 10.6 Å². The summed E-state index contributed by atoms with van der Waals surface area (Å²) in [6.45, 7) is 8.19. The number of nitrogens with zero attached hydrogens (tertiary/aromatic N) is 3. The van der Waals surface area contributed by atoms with Crippen molar-refractivity contribution in [2.45, 2.75) is 45.3 Å². The van der Waals surface area contributed by atoms with E-state index in [4.69, 9.17) is 20.2 Å². The molecule has 180 valence electrons. The Kier molecular flexibility index (Phi) is 6.83. The number of carbonyl (C=O) groups excluding carboxylic acids is 2. The normalized spacial score (nSPS) is 14.3. The molecule has 3 aromatic rings. The van der Waals surface area contributed by atoms with Gasteiger partial charge in [-0.2, -0.15) is 0 Å². The summed E-state index contributed by atoms with van der Waals surface area (Å²) in [6, 6.07) is 7.28. The molecule has 9 heteroatoms. The van der Waals surface area contributed by atoms with Crippen LogP contribution in [0, 0.1) is 0 Å². The maximum absolute atomic E-state index is 11.6. The minimum absolute atomic E-state index is 0.130. The first-order valence-corrected chi connectivity index (χ1v) is 11.5. The standard InChI is InChI=1S/C25H31N5O4/c1-25(2,3)34-24(32)28-9-4-5-11-33-17-14-30(15-17)23-19-8-10-27-13-20(19)18-7-6-16(22(26)31)12-21(18)29-23/h6-8,10,12-13,17H,4-5,9,11,14-15H2,1-3H3,(H2,26,31)(H,28,32). The average Bonchev–Trinajstić information content (AvgIpc) is 2.75. The fourth-order valence-corrected chi connectivity index (χ4v) is 3.92. The van der Waals surface area contributed by atoms with Crippen molar-refractivity contribution in [3.63, 3.8) is 0 Å². The maximum Gasteiger partial charge on any atom is 0.407 e. The Hall–Kier alpha value is -3.46. The number of pyridine rings is 2. The second-order valence-electron chi connectivity index (χ2n) is 9.49. The number of carbonyl (C=O) groups is 2. The van der Waals surface area contributed by atoms with E-state index >= 15 is 0 Å². The number of hydrogen-bond acceptors (Lipinski definition) is 7. The Bertz CT molecular complexity index is 1200. The van der Waals surface area contributed by atoms with Crippen molar-refractivity contribution in [2.75, 3.05) is 31.1 Å². The van der Waals surface area contributed by atoms with E-state index in [-0.39, 0.29) is 6.10 Å². The molecule has 3 heterocycles. The zero-order chi connectivity index (χ0) is 24.3. The van der Waals surface area contributed by atoms with E-state index in [1.165, 1.54) is 0 Å². The van der Waals surface area contributed by atoms with Crippen molar-refractivity contribution in [3.8, 4) is 0 Å². The van der Waals surface area contributed by atoms with Gasteiger partial charge in [-0.15, -0.1) is 0 Å². The zero-order valence-corrected chi connectivity index (χ0v) is 19.8. The van der Waals surface area contributed by atoms with Crippen molar-refractivity contribution < 1.29 is 19.1 Å². The minimum atomic E-state index is -0.491. The summed E-state index contributed by atoms with van der Waals surface area (Å²) in [5.41, 5.74) is 6.11. The quantitative estimate of drug-likeness (QED) is 0.386. The van der Waals surface area contributed by atoms with Crippen molar-refractivity contribution in [1.29, 1.82) is 0 Å². The number of aromatic nitrogens is 2. The molecule has 2 aromatic heterocycles. The van der Waals surface area contributed by atoms with Crippen LogP contribution >= 0.6 is 0 Å². The van der Waals surface area contributed by atoms with Gasteiger partial charge in [-0.3, -0.25) is 9.78 Å². The van der Waals surface area contributed by atoms with E-state index in [9.17, 15) is 9.59 Å². The highest BCUT2D eigenvalue weighted by atomic mass is 16.6. The smallest absolute Gasteiger partial charge is 0.407 e. The predicted octanol–water partition coefficient (Wildman–Crippen LogP) is 3.39. The van der Waals surface area contributed by atoms with Crippen molar-refractivity contribution in [2.24, 2.45) is 5.73 Å². The van der Waals surface area contributed by atoms with Crippen LogP contribution in [0.5, 0.6) is 0 Å². The van der Waals surface area contributed by atoms with Gasteiger partial charge in [0, 0.05) is 60.4 Å². The van der Waals surface area contributed by atoms with Gasteiger partial charge in [-0.05, 0) is 51.8 Å². The fraction of sp³-hybridized carbons (Fsp3) is 0.440. The molecule has 0 bridgehead atoms. The Morgan fingerprint density at radius 3 is 2.68 bits per heavy atom. The number of rotatable bonds is 8. The highest BCUT2D eigenvalue weighted by molar-refractivity contribution is 6.11. The van der Waals surface area contributed by atoms with Gasteiger partial charge in [0.2, 0.25) is 5.91 Å². The lowest BCUT2D eigenvalue weighted by Gasteiger charge is -2.40. The van der Waals surface area contributed by atoms with Crippen LogP contribution in [-0.2, 0) is 9.47 Å². The van der Waals surface area contributed by atoms with Gasteiger partial charge in [0.15, 0.2) is 0 Å². The van der Waals surface area contributed by atoms with Gasteiger partial charge in [0.05, 0.1) is 11.6 Å². The number of anilines is 1. The Morgan fingerprint density at radius 1 is 1.15 bits per heavy atom. The molecule has 3 N–H and O–H groups in total. The topological polar surface area (TPSA) is 120 Å². The minimum Gasteiger partial charge on any atom is -0.444 e. The second kappa shape index (κ2) is 9.80. The largest absolute Gasteiger partial charge is 0.444 e. The summed E-state index contributed by atoms with van der Waals surface area (Å²) in [5, 5.41) is 5.70. The molecule has 2 amide bonds. The van der Waals surface area contributed by atoms with Gasteiger partial charge in [-0.25, -0.2) is 9.78 Å². The lowest BCUT2D eigenvalue weighted by molar-refractivity contribution is 0.0314. The summed E-state index contributed by atoms with van der Waals surface area (Å²) in [7, 11) is 0. The highest BCUT2D eigenvalue weighted by Gasteiger charge is 2.30. The van der Waals surface area contributed by atoms with Gasteiger partial charge < -0.3 is 25.4 Å². The van der Waals surface area contributed by atoms with Crippen LogP contribution in [-0.4, -0.2) is 59.9 Å². The summed E-state index contributed by atoms with van der Waals surface area (Å²) >= 11 is 0. The first-order chi connectivity index (χ1) is 16.2.